The Kier molecular flexibility index (Phi) is 6.99. The standard InChI is InChI=1S/C22H29N3O4S/c1-16-7-12-21(29-3)20(15-16)23-17(2)22(26)24-18-8-10-19(11-9-18)30(27,28)25-13-5-4-6-14-25/h7-12,15,17,23H,4-6,13-14H2,1-3H3,(H,24,26). The molecule has 0 radical (unpaired) electrons. The monoisotopic (exact) mass is 431 g/mol. The van der Waals surface area contributed by atoms with Crippen molar-refractivity contribution in [2.75, 3.05) is 30.8 Å². The van der Waals surface area contributed by atoms with Crippen LogP contribution in [0, 0.1) is 6.92 Å². The number of benzene rings is 2. The number of anilines is 2. The van der Waals surface area contributed by atoms with Gasteiger partial charge in [0.2, 0.25) is 15.9 Å². The molecule has 1 fully saturated rings. The lowest BCUT2D eigenvalue weighted by molar-refractivity contribution is -0.116. The van der Waals surface area contributed by atoms with Gasteiger partial charge < -0.3 is 15.4 Å². The quantitative estimate of drug-likeness (QED) is 0.699. The number of nitrogens with zero attached hydrogens (tertiary/aromatic N) is 1. The first-order valence-electron chi connectivity index (χ1n) is 10.1. The normalized spacial score (nSPS) is 16.0. The van der Waals surface area contributed by atoms with Gasteiger partial charge in [-0.3, -0.25) is 4.79 Å². The highest BCUT2D eigenvalue weighted by molar-refractivity contribution is 7.89. The SMILES string of the molecule is COc1ccc(C)cc1NC(C)C(=O)Nc1ccc(S(=O)(=O)N2CCCCC2)cc1. The first-order valence-corrected chi connectivity index (χ1v) is 11.6. The maximum Gasteiger partial charge on any atom is 0.246 e. The average Bonchev–Trinajstić information content (AvgIpc) is 2.75. The molecule has 1 amide bonds. The molecular weight excluding hydrogens is 402 g/mol. The predicted molar refractivity (Wildman–Crippen MR) is 118 cm³/mol. The Bertz CT molecular complexity index is 984. The molecule has 0 bridgehead atoms. The summed E-state index contributed by atoms with van der Waals surface area (Å²) in [6, 6.07) is 11.5. The minimum absolute atomic E-state index is 0.231. The summed E-state index contributed by atoms with van der Waals surface area (Å²) in [7, 11) is -1.90. The van der Waals surface area contributed by atoms with E-state index in [1.807, 2.05) is 25.1 Å². The van der Waals surface area contributed by atoms with Crippen LogP contribution in [0.2, 0.25) is 0 Å². The van der Waals surface area contributed by atoms with Gasteiger partial charge in [-0.25, -0.2) is 8.42 Å². The van der Waals surface area contributed by atoms with Crippen molar-refractivity contribution in [3.05, 3.63) is 48.0 Å². The van der Waals surface area contributed by atoms with E-state index in [2.05, 4.69) is 10.6 Å². The van der Waals surface area contributed by atoms with E-state index in [1.54, 1.807) is 38.3 Å². The van der Waals surface area contributed by atoms with E-state index in [4.69, 9.17) is 4.74 Å². The highest BCUT2D eigenvalue weighted by Gasteiger charge is 2.25. The molecule has 1 atom stereocenters. The van der Waals surface area contributed by atoms with Gasteiger partial charge in [0.25, 0.3) is 0 Å². The molecule has 3 rings (SSSR count). The van der Waals surface area contributed by atoms with E-state index in [0.29, 0.717) is 24.5 Å². The fourth-order valence-corrected chi connectivity index (χ4v) is 4.97. The number of carbonyl (C=O) groups excluding carboxylic acids is 1. The summed E-state index contributed by atoms with van der Waals surface area (Å²) in [5.74, 6) is 0.428. The van der Waals surface area contributed by atoms with E-state index in [-0.39, 0.29) is 10.8 Å². The van der Waals surface area contributed by atoms with Crippen LogP contribution in [0.3, 0.4) is 0 Å². The topological polar surface area (TPSA) is 87.7 Å². The second-order valence-corrected chi connectivity index (χ2v) is 9.49. The van der Waals surface area contributed by atoms with Crippen LogP contribution in [0.25, 0.3) is 0 Å². The molecule has 8 heteroatoms. The molecular formula is C22H29N3O4S. The molecule has 0 spiro atoms. The van der Waals surface area contributed by atoms with Crippen LogP contribution in [0.5, 0.6) is 5.75 Å². The number of rotatable bonds is 7. The Morgan fingerprint density at radius 3 is 2.37 bits per heavy atom. The summed E-state index contributed by atoms with van der Waals surface area (Å²) >= 11 is 0. The molecule has 2 N–H and O–H groups in total. The first kappa shape index (κ1) is 22.1. The van der Waals surface area contributed by atoms with E-state index in [9.17, 15) is 13.2 Å². The molecule has 7 nitrogen and oxygen atoms in total. The summed E-state index contributed by atoms with van der Waals surface area (Å²) in [5.41, 5.74) is 2.34. The Labute approximate surface area is 178 Å². The number of ether oxygens (including phenoxy) is 1. The molecule has 0 saturated carbocycles. The van der Waals surface area contributed by atoms with Gasteiger partial charge in [-0.2, -0.15) is 4.31 Å². The zero-order valence-electron chi connectivity index (χ0n) is 17.6. The van der Waals surface area contributed by atoms with Crippen molar-refractivity contribution in [3.8, 4) is 5.75 Å². The van der Waals surface area contributed by atoms with Gasteiger partial charge in [-0.15, -0.1) is 0 Å². The Morgan fingerprint density at radius 1 is 1.07 bits per heavy atom. The Hall–Kier alpha value is -2.58. The number of sulfonamides is 1. The lowest BCUT2D eigenvalue weighted by Crippen LogP contribution is -2.35. The van der Waals surface area contributed by atoms with Crippen molar-refractivity contribution >= 4 is 27.3 Å². The third-order valence-electron chi connectivity index (χ3n) is 5.19. The number of carbonyl (C=O) groups is 1. The summed E-state index contributed by atoms with van der Waals surface area (Å²) in [6.07, 6.45) is 2.85. The molecule has 1 heterocycles. The summed E-state index contributed by atoms with van der Waals surface area (Å²) in [5, 5.41) is 5.98. The van der Waals surface area contributed by atoms with Crippen LogP contribution in [-0.2, 0) is 14.8 Å². The minimum Gasteiger partial charge on any atom is -0.495 e. The van der Waals surface area contributed by atoms with Crippen LogP contribution in [0.4, 0.5) is 11.4 Å². The van der Waals surface area contributed by atoms with Gasteiger partial charge in [-0.1, -0.05) is 12.5 Å². The molecule has 1 aliphatic heterocycles. The first-order chi connectivity index (χ1) is 14.3. The minimum atomic E-state index is -3.48. The van der Waals surface area contributed by atoms with Crippen LogP contribution in [-0.4, -0.2) is 44.9 Å². The zero-order valence-corrected chi connectivity index (χ0v) is 18.5. The third-order valence-corrected chi connectivity index (χ3v) is 7.11. The summed E-state index contributed by atoms with van der Waals surface area (Å²) in [6.45, 7) is 4.85. The number of hydrogen-bond donors (Lipinski definition) is 2. The smallest absolute Gasteiger partial charge is 0.246 e. The Balaban J connectivity index is 1.65. The maximum atomic E-state index is 12.7. The zero-order chi connectivity index (χ0) is 21.7. The number of aryl methyl sites for hydroxylation is 1. The van der Waals surface area contributed by atoms with E-state index in [0.717, 1.165) is 30.5 Å². The van der Waals surface area contributed by atoms with Crippen molar-refractivity contribution in [1.29, 1.82) is 0 Å². The fourth-order valence-electron chi connectivity index (χ4n) is 3.45. The largest absolute Gasteiger partial charge is 0.495 e. The van der Waals surface area contributed by atoms with E-state index in [1.165, 1.54) is 4.31 Å². The lowest BCUT2D eigenvalue weighted by Gasteiger charge is -2.25. The van der Waals surface area contributed by atoms with E-state index >= 15 is 0 Å². The summed E-state index contributed by atoms with van der Waals surface area (Å²) in [4.78, 5) is 12.8. The third kappa shape index (κ3) is 5.12. The van der Waals surface area contributed by atoms with Gasteiger partial charge >= 0.3 is 0 Å². The lowest BCUT2D eigenvalue weighted by atomic mass is 10.2. The van der Waals surface area contributed by atoms with Crippen LogP contribution < -0.4 is 15.4 Å². The Morgan fingerprint density at radius 2 is 1.73 bits per heavy atom. The molecule has 0 aliphatic carbocycles. The number of methoxy groups -OCH3 is 1. The second kappa shape index (κ2) is 9.49. The highest BCUT2D eigenvalue weighted by atomic mass is 32.2. The molecule has 0 aromatic heterocycles. The van der Waals surface area contributed by atoms with Gasteiger partial charge in [0.05, 0.1) is 17.7 Å². The molecule has 2 aromatic rings. The highest BCUT2D eigenvalue weighted by Crippen LogP contribution is 2.26. The number of piperidine rings is 1. The van der Waals surface area contributed by atoms with Crippen molar-refractivity contribution in [1.82, 2.24) is 4.31 Å². The molecule has 2 aromatic carbocycles. The second-order valence-electron chi connectivity index (χ2n) is 7.55. The number of nitrogens with one attached hydrogen (secondary N) is 2. The number of amides is 1. The molecule has 30 heavy (non-hydrogen) atoms. The van der Waals surface area contributed by atoms with Crippen molar-refractivity contribution in [2.45, 2.75) is 44.0 Å². The van der Waals surface area contributed by atoms with Gasteiger partial charge in [0.1, 0.15) is 11.8 Å². The number of hydrogen-bond acceptors (Lipinski definition) is 5. The molecule has 1 saturated heterocycles. The molecule has 162 valence electrons. The fraction of sp³-hybridized carbons (Fsp3) is 0.409. The van der Waals surface area contributed by atoms with Crippen molar-refractivity contribution in [2.24, 2.45) is 0 Å². The predicted octanol–water partition coefficient (Wildman–Crippen LogP) is 3.62. The van der Waals surface area contributed by atoms with Crippen molar-refractivity contribution in [3.63, 3.8) is 0 Å². The van der Waals surface area contributed by atoms with Gasteiger partial charge in [-0.05, 0) is 68.7 Å². The van der Waals surface area contributed by atoms with Gasteiger partial charge in [0.15, 0.2) is 0 Å². The molecule has 1 aliphatic rings. The molecule has 1 unspecified atom stereocenters. The van der Waals surface area contributed by atoms with E-state index < -0.39 is 16.1 Å². The maximum absolute atomic E-state index is 12.7. The van der Waals surface area contributed by atoms with Crippen molar-refractivity contribution < 1.29 is 17.9 Å². The van der Waals surface area contributed by atoms with Crippen LogP contribution in [0.1, 0.15) is 31.7 Å². The van der Waals surface area contributed by atoms with Gasteiger partial charge in [0, 0.05) is 18.8 Å². The van der Waals surface area contributed by atoms with Crippen LogP contribution >= 0.6 is 0 Å². The average molecular weight is 432 g/mol. The van der Waals surface area contributed by atoms with Crippen LogP contribution in [0.15, 0.2) is 47.4 Å². The summed E-state index contributed by atoms with van der Waals surface area (Å²) < 4.78 is 32.3.